The predicted octanol–water partition coefficient (Wildman–Crippen LogP) is 7.41. The van der Waals surface area contributed by atoms with Crippen molar-refractivity contribution < 1.29 is 47.3 Å². The highest BCUT2D eigenvalue weighted by molar-refractivity contribution is 7.47. The smallest absolute Gasteiger partial charge is 0.386 e. The first-order valence-corrected chi connectivity index (χ1v) is 22.1. The van der Waals surface area contributed by atoms with Gasteiger partial charge in [-0.1, -0.05) is 103 Å². The number of hydrogen-bond acceptors (Lipinski definition) is 12. The first-order chi connectivity index (χ1) is 27.4. The molecule has 57 heavy (non-hydrogen) atoms. The third kappa shape index (κ3) is 12.0. The van der Waals surface area contributed by atoms with Gasteiger partial charge < -0.3 is 35.1 Å². The van der Waals surface area contributed by atoms with Gasteiger partial charge in [0.1, 0.15) is 47.7 Å². The number of hydrogen-bond donors (Lipinski definition) is 4. The van der Waals surface area contributed by atoms with Crippen molar-refractivity contribution in [1.82, 2.24) is 14.6 Å². The topological polar surface area (TPSA) is 204 Å². The molecular formula is C41H61FN5O9P. The molecule has 2 unspecified atom stereocenters. The largest absolute Gasteiger partial charge is 0.472 e. The van der Waals surface area contributed by atoms with Gasteiger partial charge in [-0.2, -0.15) is 10.4 Å². The molecule has 0 radical (unpaired) electrons. The van der Waals surface area contributed by atoms with E-state index in [0.717, 1.165) is 25.3 Å². The van der Waals surface area contributed by atoms with Gasteiger partial charge in [-0.25, -0.2) is 18.5 Å². The molecule has 1 aliphatic heterocycles. The number of nitrogens with zero attached hydrogens (tertiary/aromatic N) is 4. The summed E-state index contributed by atoms with van der Waals surface area (Å²) < 4.78 is 57.1. The molecule has 1 saturated carbocycles. The van der Waals surface area contributed by atoms with Crippen LogP contribution in [0.3, 0.4) is 0 Å². The molecule has 0 amide bonds. The van der Waals surface area contributed by atoms with Crippen molar-refractivity contribution in [1.29, 1.82) is 5.26 Å². The van der Waals surface area contributed by atoms with Gasteiger partial charge in [0.15, 0.2) is 11.4 Å². The molecule has 2 aliphatic rings. The van der Waals surface area contributed by atoms with Crippen molar-refractivity contribution in [3.05, 3.63) is 59.3 Å². The Bertz CT molecular complexity index is 1810. The normalized spacial score (nSPS) is 24.3. The maximum Gasteiger partial charge on any atom is 0.472 e. The van der Waals surface area contributed by atoms with Gasteiger partial charge in [-0.05, 0) is 49.2 Å². The van der Waals surface area contributed by atoms with E-state index in [4.69, 9.17) is 29.0 Å². The Hall–Kier alpha value is -3.03. The zero-order valence-electron chi connectivity index (χ0n) is 33.4. The fourth-order valence-electron chi connectivity index (χ4n) is 7.71. The van der Waals surface area contributed by atoms with Crippen LogP contribution < -0.4 is 5.73 Å². The Kier molecular flexibility index (Phi) is 16.8. The van der Waals surface area contributed by atoms with E-state index in [1.165, 1.54) is 106 Å². The van der Waals surface area contributed by atoms with Crippen LogP contribution in [0.25, 0.3) is 5.52 Å². The van der Waals surface area contributed by atoms with Gasteiger partial charge in [0.25, 0.3) is 0 Å². The quantitative estimate of drug-likeness (QED) is 0.0417. The van der Waals surface area contributed by atoms with Crippen LogP contribution in [0.4, 0.5) is 10.2 Å². The molecule has 3 aromatic rings. The second-order valence-electron chi connectivity index (χ2n) is 15.7. The molecule has 2 aromatic heterocycles. The lowest BCUT2D eigenvalue weighted by atomic mass is 9.91. The fraction of sp³-hybridized carbons (Fsp3) is 0.683. The zero-order chi connectivity index (χ0) is 40.9. The van der Waals surface area contributed by atoms with Gasteiger partial charge in [-0.15, -0.1) is 0 Å². The second kappa shape index (κ2) is 21.3. The summed E-state index contributed by atoms with van der Waals surface area (Å²) in [5, 5.41) is 36.0. The Balaban J connectivity index is 1.03. The van der Waals surface area contributed by atoms with E-state index < -0.39 is 55.9 Å². The second-order valence-corrected chi connectivity index (χ2v) is 17.1. The lowest BCUT2D eigenvalue weighted by Gasteiger charge is -2.32. The number of halogens is 1. The molecule has 5 rings (SSSR count). The van der Waals surface area contributed by atoms with Crippen LogP contribution >= 0.6 is 7.82 Å². The number of ether oxygens (including phenoxy) is 3. The summed E-state index contributed by atoms with van der Waals surface area (Å²) in [6.07, 6.45) is 16.5. The number of aliphatic hydroxyl groups excluding tert-OH is 1. The number of aromatic nitrogens is 3. The highest BCUT2D eigenvalue weighted by Gasteiger charge is 2.82. The minimum absolute atomic E-state index is 0.00860. The lowest BCUT2D eigenvalue weighted by Crippen LogP contribution is -2.46. The van der Waals surface area contributed by atoms with Gasteiger partial charge in [0.05, 0.1) is 37.1 Å². The van der Waals surface area contributed by atoms with Crippen LogP contribution in [0.2, 0.25) is 0 Å². The third-order valence-electron chi connectivity index (χ3n) is 11.1. The summed E-state index contributed by atoms with van der Waals surface area (Å²) in [6.45, 7) is 3.71. The minimum atomic E-state index is -4.84. The molecule has 316 valence electrons. The van der Waals surface area contributed by atoms with Crippen molar-refractivity contribution >= 4 is 19.2 Å². The lowest BCUT2D eigenvalue weighted by molar-refractivity contribution is -0.127. The summed E-state index contributed by atoms with van der Waals surface area (Å²) in [6, 6.07) is 9.04. The van der Waals surface area contributed by atoms with Crippen molar-refractivity contribution in [2.24, 2.45) is 0 Å². The van der Waals surface area contributed by atoms with Crippen LogP contribution in [0.1, 0.15) is 133 Å². The molecule has 5 N–H and O–H groups in total. The summed E-state index contributed by atoms with van der Waals surface area (Å²) in [5.74, 6) is -0.379. The average molecular weight is 818 g/mol. The fourth-order valence-corrected chi connectivity index (χ4v) is 8.69. The molecule has 0 spiro atoms. The number of unbranched alkanes of at least 4 members (excludes halogenated alkanes) is 15. The van der Waals surface area contributed by atoms with Gasteiger partial charge in [-0.3, -0.25) is 9.05 Å². The molecule has 14 nitrogen and oxygen atoms in total. The highest BCUT2D eigenvalue weighted by atomic mass is 31.2. The monoisotopic (exact) mass is 817 g/mol. The molecule has 7 atom stereocenters. The highest BCUT2D eigenvalue weighted by Crippen LogP contribution is 2.63. The van der Waals surface area contributed by atoms with Gasteiger partial charge >= 0.3 is 7.82 Å². The Morgan fingerprint density at radius 1 is 1.00 bits per heavy atom. The SMILES string of the molecule is CCCCCCCCCCCCCCCCCCOC[C@H](COP(=O)(O)OC1[C@H]2O[C@@](C)(c3ccc4c(N)ncnn34)[C@H](O)[C@@]12O)OCc1cc(F)cc(C#N)c1. The molecule has 2 fully saturated rings. The van der Waals surface area contributed by atoms with E-state index in [1.807, 2.05) is 6.07 Å². The van der Waals surface area contributed by atoms with Crippen LogP contribution in [0.5, 0.6) is 0 Å². The number of phosphoric acid groups is 1. The van der Waals surface area contributed by atoms with Crippen LogP contribution in [-0.2, 0) is 40.0 Å². The summed E-state index contributed by atoms with van der Waals surface area (Å²) in [4.78, 5) is 14.6. The molecule has 0 bridgehead atoms. The summed E-state index contributed by atoms with van der Waals surface area (Å²) in [7, 11) is -4.84. The maximum atomic E-state index is 14.1. The van der Waals surface area contributed by atoms with E-state index >= 15 is 0 Å². The first-order valence-electron chi connectivity index (χ1n) is 20.6. The number of rotatable bonds is 28. The van der Waals surface area contributed by atoms with Crippen LogP contribution in [-0.4, -0.2) is 79.5 Å². The number of fused-ring (bicyclic) bond motifs is 2. The van der Waals surface area contributed by atoms with Crippen molar-refractivity contribution in [2.45, 2.75) is 159 Å². The Labute approximate surface area is 335 Å². The van der Waals surface area contributed by atoms with Crippen LogP contribution in [0, 0.1) is 17.1 Å². The van der Waals surface area contributed by atoms with Crippen molar-refractivity contribution in [3.63, 3.8) is 0 Å². The number of nitrogen functional groups attached to an aromatic ring is 1. The first kappa shape index (κ1) is 45.1. The number of aliphatic hydroxyl groups is 2. The number of nitrogens with two attached hydrogens (primary N) is 1. The molecule has 16 heteroatoms. The molecule has 3 heterocycles. The van der Waals surface area contributed by atoms with Gasteiger partial charge in [0, 0.05) is 6.61 Å². The third-order valence-corrected chi connectivity index (χ3v) is 12.1. The van der Waals surface area contributed by atoms with Crippen molar-refractivity contribution in [2.75, 3.05) is 25.6 Å². The Morgan fingerprint density at radius 3 is 2.23 bits per heavy atom. The maximum absolute atomic E-state index is 14.1. The molecule has 1 aromatic carbocycles. The van der Waals surface area contributed by atoms with E-state index in [2.05, 4.69) is 17.0 Å². The molecular weight excluding hydrogens is 756 g/mol. The van der Waals surface area contributed by atoms with E-state index in [1.54, 1.807) is 19.1 Å². The minimum Gasteiger partial charge on any atom is -0.386 e. The van der Waals surface area contributed by atoms with E-state index in [-0.39, 0.29) is 24.6 Å². The van der Waals surface area contributed by atoms with Crippen LogP contribution in [0.15, 0.2) is 36.7 Å². The number of nitriles is 1. The number of anilines is 1. The summed E-state index contributed by atoms with van der Waals surface area (Å²) in [5.41, 5.74) is 3.86. The van der Waals surface area contributed by atoms with Gasteiger partial charge in [0.2, 0.25) is 0 Å². The Morgan fingerprint density at radius 2 is 1.63 bits per heavy atom. The standard InChI is InChI=1S/C41H61FN5O9P/c1-3-4-5-6-7-8-9-10-11-12-13-14-15-16-17-18-21-52-27-33(53-26-31-22-30(25-43)23-32(42)24-31)28-54-57(50,51)56-37-36-41(37,49)39(48)40(2,55-36)35-20-19-34-38(44)45-29-46-47(34)35/h19-20,22-24,29,33,36-37,39,48-49H,3-18,21,26-28H2,1-2H3,(H,50,51)(H2,44,45,46)/t33-,36-,37?,39+,40+,41+/m1/s1. The average Bonchev–Trinajstić information content (AvgIpc) is 3.43. The zero-order valence-corrected chi connectivity index (χ0v) is 34.3. The van der Waals surface area contributed by atoms with Crippen molar-refractivity contribution in [3.8, 4) is 6.07 Å². The number of phosphoric ester groups is 1. The molecule has 1 saturated heterocycles. The predicted molar refractivity (Wildman–Crippen MR) is 211 cm³/mol. The molecule has 1 aliphatic carbocycles. The van der Waals surface area contributed by atoms with E-state index in [0.29, 0.717) is 23.4 Å². The summed E-state index contributed by atoms with van der Waals surface area (Å²) >= 11 is 0. The number of benzene rings is 1. The van der Waals surface area contributed by atoms with E-state index in [9.17, 15) is 29.3 Å².